The van der Waals surface area contributed by atoms with Crippen LogP contribution >= 0.6 is 11.3 Å². The highest BCUT2D eigenvalue weighted by atomic mass is 32.1. The van der Waals surface area contributed by atoms with Crippen LogP contribution in [0.2, 0.25) is 0 Å². The van der Waals surface area contributed by atoms with Crippen LogP contribution in [0.5, 0.6) is 0 Å². The summed E-state index contributed by atoms with van der Waals surface area (Å²) in [6, 6.07) is 4.75. The number of hydrogen-bond acceptors (Lipinski definition) is 5. The van der Waals surface area contributed by atoms with E-state index < -0.39 is 11.6 Å². The number of hydrogen-bond donors (Lipinski definition) is 3. The predicted molar refractivity (Wildman–Crippen MR) is 73.0 cm³/mol. The first-order valence-corrected chi connectivity index (χ1v) is 6.59. The molecule has 0 aliphatic heterocycles. The molecule has 4 nitrogen and oxygen atoms in total. The fourth-order valence-electron chi connectivity index (χ4n) is 1.57. The molecule has 0 spiro atoms. The zero-order valence-electron chi connectivity index (χ0n) is 10.3. The van der Waals surface area contributed by atoms with Gasteiger partial charge in [-0.15, -0.1) is 11.3 Å². The van der Waals surface area contributed by atoms with Gasteiger partial charge in [-0.25, -0.2) is 19.6 Å². The first-order valence-electron chi connectivity index (χ1n) is 5.78. The van der Waals surface area contributed by atoms with Crippen LogP contribution in [-0.2, 0) is 13.0 Å². The molecule has 102 valence electrons. The number of anilines is 2. The molecule has 2 aromatic heterocycles. The molecule has 0 aromatic carbocycles. The van der Waals surface area contributed by atoms with Crippen molar-refractivity contribution < 1.29 is 8.78 Å². The van der Waals surface area contributed by atoms with Gasteiger partial charge in [0.05, 0.1) is 6.54 Å². The van der Waals surface area contributed by atoms with Crippen molar-refractivity contribution in [3.05, 3.63) is 39.6 Å². The van der Waals surface area contributed by atoms with Gasteiger partial charge < -0.3 is 10.7 Å². The van der Waals surface area contributed by atoms with Crippen molar-refractivity contribution in [2.24, 2.45) is 5.84 Å². The minimum absolute atomic E-state index is 0.0270. The summed E-state index contributed by atoms with van der Waals surface area (Å²) in [6.07, 6.45) is 0.967. The molecule has 0 unspecified atom stereocenters. The maximum absolute atomic E-state index is 13.5. The van der Waals surface area contributed by atoms with E-state index in [1.165, 1.54) is 4.88 Å². The number of rotatable bonds is 5. The summed E-state index contributed by atoms with van der Waals surface area (Å²) >= 11 is 1.64. The van der Waals surface area contributed by atoms with Crippen molar-refractivity contribution in [2.75, 3.05) is 10.7 Å². The highest BCUT2D eigenvalue weighted by Crippen LogP contribution is 2.21. The quantitative estimate of drug-likeness (QED) is 0.583. The monoisotopic (exact) mass is 284 g/mol. The second-order valence-electron chi connectivity index (χ2n) is 3.87. The summed E-state index contributed by atoms with van der Waals surface area (Å²) < 4.78 is 26.7. The molecule has 0 radical (unpaired) electrons. The molecule has 7 heteroatoms. The fourth-order valence-corrected chi connectivity index (χ4v) is 2.47. The first kappa shape index (κ1) is 13.7. The minimum atomic E-state index is -0.824. The van der Waals surface area contributed by atoms with E-state index in [1.807, 2.05) is 12.1 Å². The van der Waals surface area contributed by atoms with Crippen LogP contribution in [0.3, 0.4) is 0 Å². The normalized spacial score (nSPS) is 10.5. The van der Waals surface area contributed by atoms with E-state index in [-0.39, 0.29) is 11.6 Å². The Kier molecular flexibility index (Phi) is 4.28. The average Bonchev–Trinajstić information content (AvgIpc) is 2.86. The number of nitrogens with two attached hydrogens (primary N) is 1. The Morgan fingerprint density at radius 1 is 1.21 bits per heavy atom. The highest BCUT2D eigenvalue weighted by Gasteiger charge is 2.11. The Hall–Kier alpha value is -1.73. The highest BCUT2D eigenvalue weighted by molar-refractivity contribution is 7.12. The summed E-state index contributed by atoms with van der Waals surface area (Å²) in [5.41, 5.74) is 2.08. The smallest absolute Gasteiger partial charge is 0.178 e. The zero-order valence-corrected chi connectivity index (χ0v) is 11.2. The van der Waals surface area contributed by atoms with Crippen LogP contribution in [0.25, 0.3) is 0 Å². The van der Waals surface area contributed by atoms with Gasteiger partial charge in [0.2, 0.25) is 0 Å². The number of aryl methyl sites for hydroxylation is 1. The van der Waals surface area contributed by atoms with Crippen LogP contribution in [0.15, 0.2) is 18.2 Å². The van der Waals surface area contributed by atoms with Crippen molar-refractivity contribution in [1.82, 2.24) is 4.98 Å². The molecular weight excluding hydrogens is 270 g/mol. The van der Waals surface area contributed by atoms with E-state index in [0.29, 0.717) is 6.54 Å². The molecule has 2 rings (SSSR count). The van der Waals surface area contributed by atoms with E-state index in [1.54, 1.807) is 11.3 Å². The van der Waals surface area contributed by atoms with Crippen LogP contribution in [0.1, 0.15) is 16.7 Å². The number of nitrogen functional groups attached to an aromatic ring is 1. The third-order valence-electron chi connectivity index (χ3n) is 2.56. The van der Waals surface area contributed by atoms with Crippen molar-refractivity contribution >= 4 is 23.0 Å². The number of aromatic nitrogens is 1. The van der Waals surface area contributed by atoms with Gasteiger partial charge in [0.1, 0.15) is 0 Å². The lowest BCUT2D eigenvalue weighted by Gasteiger charge is -2.08. The summed E-state index contributed by atoms with van der Waals surface area (Å²) in [6.45, 7) is 2.51. The summed E-state index contributed by atoms with van der Waals surface area (Å²) in [5.74, 6) is 3.31. The number of nitrogens with zero attached hydrogens (tertiary/aromatic N) is 1. The van der Waals surface area contributed by atoms with E-state index in [2.05, 4.69) is 22.7 Å². The van der Waals surface area contributed by atoms with E-state index >= 15 is 0 Å². The van der Waals surface area contributed by atoms with Crippen molar-refractivity contribution in [1.29, 1.82) is 0 Å². The Balaban J connectivity index is 2.10. The number of hydrazine groups is 1. The molecule has 2 aromatic rings. The topological polar surface area (TPSA) is 63.0 Å². The van der Waals surface area contributed by atoms with Gasteiger partial charge in [-0.3, -0.25) is 0 Å². The SMILES string of the molecule is CCc1ccc(CNc2nc(NN)c(F)cc2F)s1. The second-order valence-corrected chi connectivity index (χ2v) is 5.12. The minimum Gasteiger partial charge on any atom is -0.363 e. The van der Waals surface area contributed by atoms with Gasteiger partial charge in [-0.05, 0) is 18.6 Å². The van der Waals surface area contributed by atoms with Gasteiger partial charge in [0.15, 0.2) is 23.3 Å². The largest absolute Gasteiger partial charge is 0.363 e. The third kappa shape index (κ3) is 3.18. The van der Waals surface area contributed by atoms with Crippen molar-refractivity contribution in [3.8, 4) is 0 Å². The molecule has 0 aliphatic carbocycles. The summed E-state index contributed by atoms with van der Waals surface area (Å²) in [7, 11) is 0. The first-order chi connectivity index (χ1) is 9.13. The van der Waals surface area contributed by atoms with Gasteiger partial charge >= 0.3 is 0 Å². The van der Waals surface area contributed by atoms with Crippen molar-refractivity contribution in [3.63, 3.8) is 0 Å². The van der Waals surface area contributed by atoms with E-state index in [9.17, 15) is 8.78 Å². The molecule has 0 amide bonds. The van der Waals surface area contributed by atoms with E-state index in [4.69, 9.17) is 5.84 Å². The molecule has 0 bridgehead atoms. The maximum Gasteiger partial charge on any atom is 0.178 e. The Morgan fingerprint density at radius 3 is 2.53 bits per heavy atom. The fraction of sp³-hybridized carbons (Fsp3) is 0.250. The molecule has 0 fully saturated rings. The van der Waals surface area contributed by atoms with E-state index in [0.717, 1.165) is 17.4 Å². The predicted octanol–water partition coefficient (Wildman–Crippen LogP) is 2.88. The van der Waals surface area contributed by atoms with Crippen molar-refractivity contribution in [2.45, 2.75) is 19.9 Å². The summed E-state index contributed by atoms with van der Waals surface area (Å²) in [5, 5.41) is 2.83. The molecule has 19 heavy (non-hydrogen) atoms. The number of pyridine rings is 1. The Morgan fingerprint density at radius 2 is 1.89 bits per heavy atom. The summed E-state index contributed by atoms with van der Waals surface area (Å²) in [4.78, 5) is 6.06. The Labute approximate surface area is 113 Å². The van der Waals surface area contributed by atoms with Crippen LogP contribution in [0, 0.1) is 11.6 Å². The molecule has 4 N–H and O–H groups in total. The standard InChI is InChI=1S/C12H14F2N4S/c1-2-7-3-4-8(19-7)6-16-11-9(13)5-10(14)12(17-11)18-15/h3-5H,2,6,15H2,1H3,(H2,16,17,18). The maximum atomic E-state index is 13.5. The molecule has 0 atom stereocenters. The molecular formula is C12H14F2N4S. The zero-order chi connectivity index (χ0) is 13.8. The molecule has 0 aliphatic rings. The second kappa shape index (κ2) is 5.94. The third-order valence-corrected chi connectivity index (χ3v) is 3.79. The average molecular weight is 284 g/mol. The Bertz CT molecular complexity index is 571. The van der Waals surface area contributed by atoms with Crippen LogP contribution < -0.4 is 16.6 Å². The molecule has 0 saturated carbocycles. The lowest BCUT2D eigenvalue weighted by molar-refractivity contribution is 0.578. The molecule has 0 saturated heterocycles. The molecule has 2 heterocycles. The van der Waals surface area contributed by atoms with Crippen LogP contribution in [0.4, 0.5) is 20.4 Å². The lowest BCUT2D eigenvalue weighted by Crippen LogP contribution is -2.13. The number of halogens is 2. The van der Waals surface area contributed by atoms with Gasteiger partial charge in [0.25, 0.3) is 0 Å². The number of thiophene rings is 1. The van der Waals surface area contributed by atoms with Gasteiger partial charge in [0, 0.05) is 15.8 Å². The van der Waals surface area contributed by atoms with Crippen LogP contribution in [-0.4, -0.2) is 4.98 Å². The lowest BCUT2D eigenvalue weighted by atomic mass is 10.3. The number of nitrogens with one attached hydrogen (secondary N) is 2. The van der Waals surface area contributed by atoms with Gasteiger partial charge in [-0.1, -0.05) is 6.92 Å². The van der Waals surface area contributed by atoms with Gasteiger partial charge in [-0.2, -0.15) is 0 Å².